The number of ether oxygens (including phenoxy) is 2. The molecule has 0 aromatic heterocycles. The number of alkyl halides is 4. The molecule has 0 saturated heterocycles. The van der Waals surface area contributed by atoms with Crippen LogP contribution in [0.4, 0.5) is 17.6 Å². The summed E-state index contributed by atoms with van der Waals surface area (Å²) in [6.45, 7) is -0.117. The van der Waals surface area contributed by atoms with E-state index in [-0.39, 0.29) is 19.6 Å². The van der Waals surface area contributed by atoms with E-state index in [2.05, 4.69) is 4.74 Å². The Hall–Kier alpha value is -0.890. The maximum absolute atomic E-state index is 12.4. The third-order valence-electron chi connectivity index (χ3n) is 1.78. The molecule has 102 valence electrons. The van der Waals surface area contributed by atoms with Gasteiger partial charge in [-0.1, -0.05) is 0 Å². The summed E-state index contributed by atoms with van der Waals surface area (Å²) in [6.07, 6.45) is -5.16. The lowest BCUT2D eigenvalue weighted by Gasteiger charge is -2.16. The van der Waals surface area contributed by atoms with Crippen molar-refractivity contribution in [3.05, 3.63) is 0 Å². The maximum atomic E-state index is 12.4. The van der Waals surface area contributed by atoms with Gasteiger partial charge in [0, 0.05) is 19.6 Å². The van der Waals surface area contributed by atoms with Crippen molar-refractivity contribution in [2.24, 2.45) is 0 Å². The van der Waals surface area contributed by atoms with Crippen molar-refractivity contribution >= 4 is 5.97 Å². The average Bonchev–Trinajstić information content (AvgIpc) is 2.22. The molecule has 0 aromatic carbocycles. The highest BCUT2D eigenvalue weighted by atomic mass is 19.3. The fourth-order valence-corrected chi connectivity index (χ4v) is 0.941. The Kier molecular flexibility index (Phi) is 7.05. The zero-order valence-electron chi connectivity index (χ0n) is 9.17. The number of carboxylic acid groups (broad SMARTS) is 1. The summed E-state index contributed by atoms with van der Waals surface area (Å²) in [4.78, 5) is 10.5. The van der Waals surface area contributed by atoms with Gasteiger partial charge in [0.1, 0.15) is 6.61 Å². The smallest absolute Gasteiger partial charge is 0.332 e. The lowest BCUT2D eigenvalue weighted by molar-refractivity contribution is -0.169. The van der Waals surface area contributed by atoms with Gasteiger partial charge in [0.25, 0.3) is 0 Å². The van der Waals surface area contributed by atoms with Crippen LogP contribution in [0.1, 0.15) is 13.3 Å². The molecular weight excluding hydrogens is 248 g/mol. The first kappa shape index (κ1) is 16.1. The number of aliphatic carboxylic acids is 1. The molecule has 0 aromatic rings. The predicted octanol–water partition coefficient (Wildman–Crippen LogP) is 1.78. The number of hydrogen-bond donors (Lipinski definition) is 1. The highest BCUT2D eigenvalue weighted by molar-refractivity contribution is 5.72. The summed E-state index contributed by atoms with van der Waals surface area (Å²) in [5, 5.41) is 8.60. The molecule has 0 rings (SSSR count). The van der Waals surface area contributed by atoms with Crippen LogP contribution < -0.4 is 0 Å². The van der Waals surface area contributed by atoms with Crippen LogP contribution in [-0.2, 0) is 14.3 Å². The Bertz CT molecular complexity index is 235. The van der Waals surface area contributed by atoms with Crippen LogP contribution in [-0.4, -0.2) is 49.3 Å². The summed E-state index contributed by atoms with van der Waals surface area (Å²) in [5.74, 6) is -5.47. The van der Waals surface area contributed by atoms with Crippen LogP contribution in [0, 0.1) is 0 Å². The minimum absolute atomic E-state index is 0.143. The van der Waals surface area contributed by atoms with Gasteiger partial charge in [-0.2, -0.15) is 8.78 Å². The van der Waals surface area contributed by atoms with Gasteiger partial charge in [0.05, 0.1) is 0 Å². The van der Waals surface area contributed by atoms with Crippen LogP contribution in [0.2, 0.25) is 0 Å². The van der Waals surface area contributed by atoms with Gasteiger partial charge in [-0.25, -0.2) is 13.6 Å². The Morgan fingerprint density at radius 3 is 2.41 bits per heavy atom. The summed E-state index contributed by atoms with van der Waals surface area (Å²) < 4.78 is 57.2. The first-order valence-electron chi connectivity index (χ1n) is 4.89. The summed E-state index contributed by atoms with van der Waals surface area (Å²) in [6, 6.07) is 0. The van der Waals surface area contributed by atoms with Crippen LogP contribution >= 0.6 is 0 Å². The normalized spacial score (nSPS) is 14.0. The first-order chi connectivity index (χ1) is 7.81. The van der Waals surface area contributed by atoms with Crippen molar-refractivity contribution in [1.82, 2.24) is 0 Å². The second-order valence-corrected chi connectivity index (χ2v) is 3.19. The second kappa shape index (κ2) is 7.44. The number of hydrogen-bond acceptors (Lipinski definition) is 3. The molecule has 1 N–H and O–H groups in total. The van der Waals surface area contributed by atoms with E-state index in [1.54, 1.807) is 6.92 Å². The molecule has 0 spiro atoms. The molecule has 0 amide bonds. The largest absolute Gasteiger partial charge is 0.479 e. The van der Waals surface area contributed by atoms with E-state index < -0.39 is 31.0 Å². The number of rotatable bonds is 9. The quantitative estimate of drug-likeness (QED) is 0.508. The summed E-state index contributed by atoms with van der Waals surface area (Å²) in [7, 11) is 0. The van der Waals surface area contributed by atoms with E-state index in [1.165, 1.54) is 0 Å². The van der Waals surface area contributed by atoms with Crippen LogP contribution in [0.15, 0.2) is 0 Å². The highest BCUT2D eigenvalue weighted by Gasteiger charge is 2.40. The Morgan fingerprint density at radius 1 is 1.41 bits per heavy atom. The van der Waals surface area contributed by atoms with Crippen molar-refractivity contribution in [2.45, 2.75) is 31.8 Å². The molecular formula is C9H14F4O4. The van der Waals surface area contributed by atoms with Gasteiger partial charge >= 0.3 is 18.3 Å². The van der Waals surface area contributed by atoms with Gasteiger partial charge in [-0.3, -0.25) is 0 Å². The maximum Gasteiger partial charge on any atom is 0.332 e. The van der Waals surface area contributed by atoms with E-state index in [4.69, 9.17) is 9.84 Å². The standard InChI is InChI=1S/C9H14F4O4/c1-2-17-6(7(14)15)3-4-16-5-9(12,13)8(10)11/h6,8H,2-5H2,1H3,(H,14,15). The van der Waals surface area contributed by atoms with Crippen molar-refractivity contribution in [2.75, 3.05) is 19.8 Å². The SMILES string of the molecule is CCOC(CCOCC(F)(F)C(F)F)C(=O)O. The highest BCUT2D eigenvalue weighted by Crippen LogP contribution is 2.22. The molecule has 1 atom stereocenters. The third-order valence-corrected chi connectivity index (χ3v) is 1.78. The van der Waals surface area contributed by atoms with Gasteiger partial charge in [0.2, 0.25) is 0 Å². The van der Waals surface area contributed by atoms with Crippen LogP contribution in [0.5, 0.6) is 0 Å². The third kappa shape index (κ3) is 6.42. The van der Waals surface area contributed by atoms with Gasteiger partial charge in [0.15, 0.2) is 6.10 Å². The Balaban J connectivity index is 3.86. The van der Waals surface area contributed by atoms with Crippen molar-refractivity contribution in [3.63, 3.8) is 0 Å². The molecule has 0 bridgehead atoms. The minimum atomic E-state index is -4.22. The van der Waals surface area contributed by atoms with Crippen LogP contribution in [0.3, 0.4) is 0 Å². The zero-order valence-corrected chi connectivity index (χ0v) is 9.17. The molecule has 0 aliphatic heterocycles. The number of carboxylic acids is 1. The minimum Gasteiger partial charge on any atom is -0.479 e. The Morgan fingerprint density at radius 2 is 2.00 bits per heavy atom. The molecule has 17 heavy (non-hydrogen) atoms. The van der Waals surface area contributed by atoms with E-state index >= 15 is 0 Å². The summed E-state index contributed by atoms with van der Waals surface area (Å²) in [5.41, 5.74) is 0. The zero-order chi connectivity index (χ0) is 13.5. The van der Waals surface area contributed by atoms with E-state index in [0.717, 1.165) is 0 Å². The number of halogens is 4. The monoisotopic (exact) mass is 262 g/mol. The summed E-state index contributed by atoms with van der Waals surface area (Å²) >= 11 is 0. The molecule has 4 nitrogen and oxygen atoms in total. The van der Waals surface area contributed by atoms with Gasteiger partial charge in [-0.15, -0.1) is 0 Å². The molecule has 0 aliphatic rings. The first-order valence-corrected chi connectivity index (χ1v) is 4.89. The lowest BCUT2D eigenvalue weighted by atomic mass is 10.2. The fourth-order valence-electron chi connectivity index (χ4n) is 0.941. The average molecular weight is 262 g/mol. The van der Waals surface area contributed by atoms with E-state index in [0.29, 0.717) is 0 Å². The Labute approximate surface area is 95.5 Å². The number of carbonyl (C=O) groups is 1. The molecule has 0 radical (unpaired) electrons. The van der Waals surface area contributed by atoms with Crippen molar-refractivity contribution in [1.29, 1.82) is 0 Å². The van der Waals surface area contributed by atoms with Crippen molar-refractivity contribution in [3.8, 4) is 0 Å². The van der Waals surface area contributed by atoms with Gasteiger partial charge < -0.3 is 14.6 Å². The second-order valence-electron chi connectivity index (χ2n) is 3.19. The molecule has 1 unspecified atom stereocenters. The molecule has 0 fully saturated rings. The predicted molar refractivity (Wildman–Crippen MR) is 49.4 cm³/mol. The molecule has 0 aliphatic carbocycles. The molecule has 8 heteroatoms. The topological polar surface area (TPSA) is 55.8 Å². The molecule has 0 saturated carbocycles. The van der Waals surface area contributed by atoms with Crippen LogP contribution in [0.25, 0.3) is 0 Å². The fraction of sp³-hybridized carbons (Fsp3) is 0.889. The van der Waals surface area contributed by atoms with E-state index in [9.17, 15) is 22.4 Å². The van der Waals surface area contributed by atoms with Gasteiger partial charge in [-0.05, 0) is 6.92 Å². The molecule has 0 heterocycles. The van der Waals surface area contributed by atoms with Crippen molar-refractivity contribution < 1.29 is 36.9 Å². The van der Waals surface area contributed by atoms with E-state index in [1.807, 2.05) is 0 Å². The lowest BCUT2D eigenvalue weighted by Crippen LogP contribution is -2.33.